The molecule has 9 heteroatoms. The van der Waals surface area contributed by atoms with Crippen molar-refractivity contribution in [2.24, 2.45) is 17.3 Å². The summed E-state index contributed by atoms with van der Waals surface area (Å²) < 4.78 is 58.4. The van der Waals surface area contributed by atoms with Gasteiger partial charge in [-0.2, -0.15) is 0 Å². The molecule has 1 aromatic carbocycles. The number of benzene rings is 1. The van der Waals surface area contributed by atoms with Crippen LogP contribution in [0.3, 0.4) is 0 Å². The normalized spacial score (nSPS) is 22.8. The van der Waals surface area contributed by atoms with Gasteiger partial charge in [-0.3, -0.25) is 10.1 Å². The van der Waals surface area contributed by atoms with Gasteiger partial charge in [0, 0.05) is 12.0 Å². The molecule has 0 heterocycles. The maximum atomic E-state index is 13.6. The lowest BCUT2D eigenvalue weighted by Crippen LogP contribution is -2.41. The van der Waals surface area contributed by atoms with E-state index in [1.807, 2.05) is 0 Å². The van der Waals surface area contributed by atoms with Crippen LogP contribution < -0.4 is 0 Å². The Labute approximate surface area is 147 Å². The summed E-state index contributed by atoms with van der Waals surface area (Å²) >= 11 is 0. The van der Waals surface area contributed by atoms with Gasteiger partial charge in [-0.1, -0.05) is 13.8 Å². The fourth-order valence-corrected chi connectivity index (χ4v) is 3.19. The van der Waals surface area contributed by atoms with Crippen LogP contribution in [0.2, 0.25) is 0 Å². The van der Waals surface area contributed by atoms with Gasteiger partial charge in [-0.05, 0) is 19.3 Å². The number of ether oxygens (including phenoxy) is 1. The molecular weight excluding hydrogens is 360 g/mol. The van der Waals surface area contributed by atoms with E-state index >= 15 is 0 Å². The van der Waals surface area contributed by atoms with Gasteiger partial charge in [0.05, 0.1) is 17.6 Å². The van der Waals surface area contributed by atoms with E-state index in [0.717, 1.165) is 0 Å². The predicted molar refractivity (Wildman–Crippen MR) is 80.6 cm³/mol. The molecule has 1 fully saturated rings. The van der Waals surface area contributed by atoms with Gasteiger partial charge in [0.15, 0.2) is 23.3 Å². The highest BCUT2D eigenvalue weighted by Crippen LogP contribution is 2.62. The highest BCUT2D eigenvalue weighted by Gasteiger charge is 2.67. The lowest BCUT2D eigenvalue weighted by molar-refractivity contribution is -0.336. The third-order valence-corrected chi connectivity index (χ3v) is 5.01. The van der Waals surface area contributed by atoms with E-state index in [9.17, 15) is 27.5 Å². The minimum absolute atomic E-state index is 0.0589. The van der Waals surface area contributed by atoms with Gasteiger partial charge in [-0.25, -0.2) is 22.4 Å². The lowest BCUT2D eigenvalue weighted by Gasteiger charge is -2.27. The van der Waals surface area contributed by atoms with Crippen molar-refractivity contribution in [2.75, 3.05) is 0 Å². The van der Waals surface area contributed by atoms with Gasteiger partial charge < -0.3 is 9.84 Å². The third kappa shape index (κ3) is 3.43. The fourth-order valence-electron chi connectivity index (χ4n) is 3.19. The molecule has 1 aliphatic carbocycles. The number of carbonyl (C=O) groups is 1. The standard InChI is InChI=1S/C17H20F4O5/c1-16(2)10(14(22)17(3,4)26-24)11(16)15(23)25-6-7-12(20)8(18)5-9(19)13(7)21/h5,10-11,14,22,24H,6H2,1-4H3. The molecule has 0 aliphatic heterocycles. The maximum absolute atomic E-state index is 13.6. The summed E-state index contributed by atoms with van der Waals surface area (Å²) in [5.41, 5.74) is -3.14. The van der Waals surface area contributed by atoms with Crippen LogP contribution in [0.5, 0.6) is 0 Å². The molecule has 2 rings (SSSR count). The van der Waals surface area contributed by atoms with Crippen LogP contribution in [0.1, 0.15) is 33.3 Å². The molecule has 0 radical (unpaired) electrons. The van der Waals surface area contributed by atoms with Crippen LogP contribution in [0.15, 0.2) is 6.07 Å². The zero-order chi connectivity index (χ0) is 20.0. The summed E-state index contributed by atoms with van der Waals surface area (Å²) in [4.78, 5) is 16.5. The molecule has 1 aromatic rings. The first-order valence-corrected chi connectivity index (χ1v) is 7.85. The average Bonchev–Trinajstić information content (AvgIpc) is 3.14. The van der Waals surface area contributed by atoms with Gasteiger partial charge in [-0.15, -0.1) is 0 Å². The summed E-state index contributed by atoms with van der Waals surface area (Å²) in [6.07, 6.45) is -1.24. The second-order valence-electron chi connectivity index (χ2n) is 7.52. The second kappa shape index (κ2) is 6.79. The molecule has 0 amide bonds. The largest absolute Gasteiger partial charge is 0.460 e. The summed E-state index contributed by atoms with van der Waals surface area (Å²) in [7, 11) is 0. The number of esters is 1. The highest BCUT2D eigenvalue weighted by molar-refractivity contribution is 5.78. The van der Waals surface area contributed by atoms with E-state index < -0.39 is 70.4 Å². The topological polar surface area (TPSA) is 76.0 Å². The molecule has 5 nitrogen and oxygen atoms in total. The van der Waals surface area contributed by atoms with Crippen molar-refractivity contribution in [1.82, 2.24) is 0 Å². The van der Waals surface area contributed by atoms with E-state index in [1.165, 1.54) is 13.8 Å². The number of aliphatic hydroxyl groups is 1. The predicted octanol–water partition coefficient (Wildman–Crippen LogP) is 3.19. The number of halogens is 4. The fraction of sp³-hybridized carbons (Fsp3) is 0.588. The Hall–Kier alpha value is -1.71. The van der Waals surface area contributed by atoms with Gasteiger partial charge in [0.1, 0.15) is 12.2 Å². The van der Waals surface area contributed by atoms with E-state index in [0.29, 0.717) is 0 Å². The van der Waals surface area contributed by atoms with Gasteiger partial charge in [0.25, 0.3) is 0 Å². The zero-order valence-corrected chi connectivity index (χ0v) is 14.6. The molecule has 3 unspecified atom stereocenters. The van der Waals surface area contributed by atoms with Gasteiger partial charge in [0.2, 0.25) is 0 Å². The van der Waals surface area contributed by atoms with Crippen molar-refractivity contribution in [2.45, 2.75) is 46.0 Å². The minimum atomic E-state index is -1.64. The quantitative estimate of drug-likeness (QED) is 0.261. The molecule has 0 aromatic heterocycles. The monoisotopic (exact) mass is 380 g/mol. The molecule has 1 aliphatic rings. The maximum Gasteiger partial charge on any atom is 0.310 e. The summed E-state index contributed by atoms with van der Waals surface area (Å²) in [6, 6.07) is 0.0589. The number of rotatable bonds is 6. The molecule has 146 valence electrons. The first kappa shape index (κ1) is 20.6. The van der Waals surface area contributed by atoms with Crippen molar-refractivity contribution in [3.05, 3.63) is 34.9 Å². The van der Waals surface area contributed by atoms with E-state index in [-0.39, 0.29) is 6.07 Å². The van der Waals surface area contributed by atoms with Crippen molar-refractivity contribution in [3.63, 3.8) is 0 Å². The molecular formula is C17H20F4O5. The number of hydrogen-bond donors (Lipinski definition) is 2. The summed E-state index contributed by atoms with van der Waals surface area (Å²) in [5, 5.41) is 19.2. The first-order valence-electron chi connectivity index (χ1n) is 7.85. The summed E-state index contributed by atoms with van der Waals surface area (Å²) in [5.74, 6) is -8.88. The molecule has 3 atom stereocenters. The number of aliphatic hydroxyl groups excluding tert-OH is 1. The van der Waals surface area contributed by atoms with Crippen LogP contribution in [-0.2, 0) is 21.0 Å². The van der Waals surface area contributed by atoms with Crippen molar-refractivity contribution >= 4 is 5.97 Å². The van der Waals surface area contributed by atoms with E-state index in [2.05, 4.69) is 4.89 Å². The molecule has 2 N–H and O–H groups in total. The Bertz CT molecular complexity index is 693. The molecule has 1 saturated carbocycles. The van der Waals surface area contributed by atoms with E-state index in [4.69, 9.17) is 9.99 Å². The van der Waals surface area contributed by atoms with Crippen LogP contribution in [0.4, 0.5) is 17.6 Å². The third-order valence-electron chi connectivity index (χ3n) is 5.01. The highest BCUT2D eigenvalue weighted by atomic mass is 19.2. The number of carbonyl (C=O) groups excluding carboxylic acids is 1. The van der Waals surface area contributed by atoms with Crippen molar-refractivity contribution < 1.29 is 42.3 Å². The molecule has 0 bridgehead atoms. The smallest absolute Gasteiger partial charge is 0.310 e. The minimum Gasteiger partial charge on any atom is -0.460 e. The Balaban J connectivity index is 2.13. The Morgan fingerprint density at radius 2 is 1.73 bits per heavy atom. The Kier molecular flexibility index (Phi) is 5.38. The van der Waals surface area contributed by atoms with Crippen LogP contribution in [0.25, 0.3) is 0 Å². The van der Waals surface area contributed by atoms with Crippen molar-refractivity contribution in [1.29, 1.82) is 0 Å². The van der Waals surface area contributed by atoms with E-state index in [1.54, 1.807) is 13.8 Å². The van der Waals surface area contributed by atoms with Crippen LogP contribution >= 0.6 is 0 Å². The Morgan fingerprint density at radius 3 is 2.19 bits per heavy atom. The number of hydrogen-bond acceptors (Lipinski definition) is 5. The van der Waals surface area contributed by atoms with Gasteiger partial charge >= 0.3 is 5.97 Å². The van der Waals surface area contributed by atoms with Crippen molar-refractivity contribution in [3.8, 4) is 0 Å². The molecule has 26 heavy (non-hydrogen) atoms. The first-order chi connectivity index (χ1) is 11.9. The second-order valence-corrected chi connectivity index (χ2v) is 7.52. The van der Waals surface area contributed by atoms with Crippen LogP contribution in [0, 0.1) is 40.5 Å². The SMILES string of the molecule is CC(C)(OO)C(O)C1C(C(=O)OCc2c(F)c(F)cc(F)c2F)C1(C)C. The molecule has 0 spiro atoms. The molecule has 0 saturated heterocycles. The average molecular weight is 380 g/mol. The van der Waals surface area contributed by atoms with Crippen LogP contribution in [-0.4, -0.2) is 28.0 Å². The zero-order valence-electron chi connectivity index (χ0n) is 14.6. The summed E-state index contributed by atoms with van der Waals surface area (Å²) in [6.45, 7) is 5.14. The Morgan fingerprint density at radius 1 is 1.23 bits per heavy atom. The lowest BCUT2D eigenvalue weighted by atomic mass is 9.93.